The molecule has 2 N–H and O–H groups in total. The van der Waals surface area contributed by atoms with Crippen molar-refractivity contribution in [3.05, 3.63) is 58.1 Å². The lowest BCUT2D eigenvalue weighted by atomic mass is 10.1. The van der Waals surface area contributed by atoms with E-state index in [0.29, 0.717) is 36.5 Å². The summed E-state index contributed by atoms with van der Waals surface area (Å²) in [5.41, 5.74) is 6.39. The molecule has 0 fully saturated rings. The average Bonchev–Trinajstić information content (AvgIpc) is 2.67. The van der Waals surface area contributed by atoms with Gasteiger partial charge in [-0.2, -0.15) is 0 Å². The van der Waals surface area contributed by atoms with E-state index in [9.17, 15) is 14.9 Å². The summed E-state index contributed by atoms with van der Waals surface area (Å²) < 4.78 is 5.78. The first-order valence-electron chi connectivity index (χ1n) is 7.19. The van der Waals surface area contributed by atoms with Gasteiger partial charge in [-0.05, 0) is 31.2 Å². The number of ether oxygens (including phenoxy) is 1. The minimum absolute atomic E-state index is 0.0886. The number of amides is 1. The van der Waals surface area contributed by atoms with Crippen molar-refractivity contribution in [2.75, 3.05) is 18.0 Å². The van der Waals surface area contributed by atoms with Gasteiger partial charge in [0.15, 0.2) is 5.75 Å². The lowest BCUT2D eigenvalue weighted by molar-refractivity contribution is -0.384. The SMILES string of the molecule is NCCCN1C(=O)c2ccccc2Oc2cc([N+](=O)[O-])ccc21. The molecule has 23 heavy (non-hydrogen) atoms. The second-order valence-corrected chi connectivity index (χ2v) is 5.11. The van der Waals surface area contributed by atoms with Crippen molar-refractivity contribution in [3.63, 3.8) is 0 Å². The van der Waals surface area contributed by atoms with Crippen LogP contribution in [0.2, 0.25) is 0 Å². The number of nitrogens with zero attached hydrogens (tertiary/aromatic N) is 2. The molecule has 118 valence electrons. The molecule has 0 saturated heterocycles. The van der Waals surface area contributed by atoms with E-state index in [0.717, 1.165) is 0 Å². The maximum atomic E-state index is 12.8. The van der Waals surface area contributed by atoms with E-state index in [-0.39, 0.29) is 17.3 Å². The van der Waals surface area contributed by atoms with Crippen LogP contribution in [0.3, 0.4) is 0 Å². The molecule has 0 unspecified atom stereocenters. The number of anilines is 1. The zero-order valence-electron chi connectivity index (χ0n) is 12.3. The van der Waals surface area contributed by atoms with Gasteiger partial charge in [-0.1, -0.05) is 12.1 Å². The molecule has 3 rings (SSSR count). The summed E-state index contributed by atoms with van der Waals surface area (Å²) in [6.07, 6.45) is 0.615. The fourth-order valence-electron chi connectivity index (χ4n) is 2.50. The molecule has 0 saturated carbocycles. The van der Waals surface area contributed by atoms with Gasteiger partial charge < -0.3 is 15.4 Å². The van der Waals surface area contributed by atoms with E-state index < -0.39 is 4.92 Å². The molecule has 7 nitrogen and oxygen atoms in total. The summed E-state index contributed by atoms with van der Waals surface area (Å²) >= 11 is 0. The van der Waals surface area contributed by atoms with Crippen LogP contribution in [0.4, 0.5) is 11.4 Å². The Hall–Kier alpha value is -2.93. The molecule has 0 radical (unpaired) electrons. The number of para-hydroxylation sites is 1. The van der Waals surface area contributed by atoms with Gasteiger partial charge in [0.25, 0.3) is 11.6 Å². The minimum Gasteiger partial charge on any atom is -0.454 e. The van der Waals surface area contributed by atoms with E-state index in [2.05, 4.69) is 0 Å². The molecule has 0 bridgehead atoms. The Labute approximate surface area is 132 Å². The maximum Gasteiger partial charge on any atom is 0.273 e. The van der Waals surface area contributed by atoms with Crippen LogP contribution in [-0.4, -0.2) is 23.9 Å². The van der Waals surface area contributed by atoms with Gasteiger partial charge >= 0.3 is 0 Å². The number of carbonyl (C=O) groups is 1. The summed E-state index contributed by atoms with van der Waals surface area (Å²) in [6, 6.07) is 11.1. The highest BCUT2D eigenvalue weighted by Crippen LogP contribution is 2.40. The average molecular weight is 313 g/mol. The number of fused-ring (bicyclic) bond motifs is 2. The lowest BCUT2D eigenvalue weighted by Crippen LogP contribution is -2.32. The van der Waals surface area contributed by atoms with Crippen molar-refractivity contribution in [1.29, 1.82) is 0 Å². The van der Waals surface area contributed by atoms with E-state index in [1.807, 2.05) is 0 Å². The van der Waals surface area contributed by atoms with Crippen LogP contribution in [0.15, 0.2) is 42.5 Å². The summed E-state index contributed by atoms with van der Waals surface area (Å²) in [4.78, 5) is 24.8. The number of rotatable bonds is 4. The van der Waals surface area contributed by atoms with Gasteiger partial charge in [-0.25, -0.2) is 0 Å². The van der Waals surface area contributed by atoms with Gasteiger partial charge in [0.05, 0.1) is 22.2 Å². The van der Waals surface area contributed by atoms with Crippen molar-refractivity contribution >= 4 is 17.3 Å². The predicted octanol–water partition coefficient (Wildman–Crippen LogP) is 2.70. The largest absolute Gasteiger partial charge is 0.454 e. The van der Waals surface area contributed by atoms with Crippen molar-refractivity contribution in [3.8, 4) is 11.5 Å². The Morgan fingerprint density at radius 1 is 1.17 bits per heavy atom. The van der Waals surface area contributed by atoms with Crippen LogP contribution in [0.25, 0.3) is 0 Å². The second-order valence-electron chi connectivity index (χ2n) is 5.11. The van der Waals surface area contributed by atoms with Crippen molar-refractivity contribution < 1.29 is 14.5 Å². The van der Waals surface area contributed by atoms with Crippen LogP contribution in [0.1, 0.15) is 16.8 Å². The monoisotopic (exact) mass is 313 g/mol. The highest BCUT2D eigenvalue weighted by molar-refractivity contribution is 6.09. The third-order valence-corrected chi connectivity index (χ3v) is 3.61. The lowest BCUT2D eigenvalue weighted by Gasteiger charge is -2.21. The third-order valence-electron chi connectivity index (χ3n) is 3.61. The molecule has 2 aromatic carbocycles. The van der Waals surface area contributed by atoms with E-state index >= 15 is 0 Å². The molecule has 0 aromatic heterocycles. The highest BCUT2D eigenvalue weighted by atomic mass is 16.6. The fraction of sp³-hybridized carbons (Fsp3) is 0.188. The number of benzene rings is 2. The Kier molecular flexibility index (Phi) is 3.94. The first-order valence-corrected chi connectivity index (χ1v) is 7.19. The summed E-state index contributed by atoms with van der Waals surface area (Å²) in [6.45, 7) is 0.854. The molecular formula is C16H15N3O4. The predicted molar refractivity (Wildman–Crippen MR) is 85.0 cm³/mol. The Bertz CT molecular complexity index is 776. The quantitative estimate of drug-likeness (QED) is 0.691. The number of nitro groups is 1. The van der Waals surface area contributed by atoms with E-state index in [4.69, 9.17) is 10.5 Å². The molecule has 1 aliphatic heterocycles. The third kappa shape index (κ3) is 2.74. The second kappa shape index (κ2) is 6.05. The van der Waals surface area contributed by atoms with Crippen molar-refractivity contribution in [2.24, 2.45) is 5.73 Å². The van der Waals surface area contributed by atoms with Crippen molar-refractivity contribution in [2.45, 2.75) is 6.42 Å². The van der Waals surface area contributed by atoms with Gasteiger partial charge in [0.1, 0.15) is 5.75 Å². The van der Waals surface area contributed by atoms with E-state index in [1.165, 1.54) is 18.2 Å². The van der Waals surface area contributed by atoms with Crippen LogP contribution in [0.5, 0.6) is 11.5 Å². The van der Waals surface area contributed by atoms with Gasteiger partial charge in [-0.15, -0.1) is 0 Å². The van der Waals surface area contributed by atoms with E-state index in [1.54, 1.807) is 29.2 Å². The summed E-state index contributed by atoms with van der Waals surface area (Å²) in [5.74, 6) is 0.464. The Morgan fingerprint density at radius 3 is 2.70 bits per heavy atom. The Morgan fingerprint density at radius 2 is 1.96 bits per heavy atom. The first kappa shape index (κ1) is 15.0. The number of hydrogen-bond acceptors (Lipinski definition) is 5. The van der Waals surface area contributed by atoms with Crippen LogP contribution >= 0.6 is 0 Å². The molecule has 1 amide bonds. The molecule has 2 aromatic rings. The summed E-state index contributed by atoms with van der Waals surface area (Å²) in [7, 11) is 0. The number of hydrogen-bond donors (Lipinski definition) is 1. The number of nitrogens with two attached hydrogens (primary N) is 1. The fourth-order valence-corrected chi connectivity index (χ4v) is 2.50. The normalized spacial score (nSPS) is 12.9. The minimum atomic E-state index is -0.494. The molecule has 0 atom stereocenters. The first-order chi connectivity index (χ1) is 11.1. The molecule has 0 spiro atoms. The molecular weight excluding hydrogens is 298 g/mol. The Balaban J connectivity index is 2.14. The number of carbonyl (C=O) groups excluding carboxylic acids is 1. The number of nitro benzene ring substituents is 1. The zero-order valence-corrected chi connectivity index (χ0v) is 12.3. The zero-order chi connectivity index (χ0) is 16.4. The van der Waals surface area contributed by atoms with Gasteiger partial charge in [0, 0.05) is 12.6 Å². The van der Waals surface area contributed by atoms with Crippen LogP contribution in [-0.2, 0) is 0 Å². The molecule has 1 aliphatic rings. The molecule has 1 heterocycles. The molecule has 0 aliphatic carbocycles. The van der Waals surface area contributed by atoms with Crippen LogP contribution in [0, 0.1) is 10.1 Å². The number of non-ortho nitro benzene ring substituents is 1. The smallest absolute Gasteiger partial charge is 0.273 e. The van der Waals surface area contributed by atoms with Crippen LogP contribution < -0.4 is 15.4 Å². The molecule has 7 heteroatoms. The van der Waals surface area contributed by atoms with Crippen molar-refractivity contribution in [1.82, 2.24) is 0 Å². The standard InChI is InChI=1S/C16H15N3O4/c17-8-3-9-18-13-7-6-11(19(21)22)10-15(13)23-14-5-2-1-4-12(14)16(18)20/h1-2,4-7,10H,3,8-9,17H2. The van der Waals surface area contributed by atoms with Gasteiger partial charge in [-0.3, -0.25) is 14.9 Å². The highest BCUT2D eigenvalue weighted by Gasteiger charge is 2.28. The van der Waals surface area contributed by atoms with Gasteiger partial charge in [0.2, 0.25) is 0 Å². The summed E-state index contributed by atoms with van der Waals surface area (Å²) in [5, 5.41) is 11.0. The topological polar surface area (TPSA) is 98.7 Å². The maximum absolute atomic E-state index is 12.8.